The first-order chi connectivity index (χ1) is 14.2. The van der Waals surface area contributed by atoms with Crippen LogP contribution in [0.15, 0.2) is 47.2 Å². The molecule has 0 saturated heterocycles. The third kappa shape index (κ3) is 3.22. The van der Waals surface area contributed by atoms with Crippen molar-refractivity contribution in [1.29, 1.82) is 15.8 Å². The number of rotatable bonds is 3. The Morgan fingerprint density at radius 1 is 1.20 bits per heavy atom. The summed E-state index contributed by atoms with van der Waals surface area (Å²) in [4.78, 5) is 2.06. The van der Waals surface area contributed by atoms with E-state index in [2.05, 4.69) is 4.90 Å². The second kappa shape index (κ2) is 7.86. The predicted octanol–water partition coefficient (Wildman–Crippen LogP) is 3.73. The van der Waals surface area contributed by atoms with Crippen LogP contribution in [0, 0.1) is 45.3 Å². The summed E-state index contributed by atoms with van der Waals surface area (Å²) in [6.07, 6.45) is -2.47. The fourth-order valence-corrected chi connectivity index (χ4v) is 4.71. The van der Waals surface area contributed by atoms with Gasteiger partial charge in [0.05, 0.1) is 29.3 Å². The smallest absolute Gasteiger partial charge is 0.398 e. The number of nitrogens with two attached hydrogens (primary N) is 1. The molecule has 0 bridgehead atoms. The SMILES string of the molecule is CCCN1CC=C2C(N)=C(C(F)(F)F)C(C#N)(C#N)[C@@H](c3ccccc3C#N)[C@H]2C1. The lowest BCUT2D eigenvalue weighted by atomic mass is 9.56. The van der Waals surface area contributed by atoms with Crippen molar-refractivity contribution in [2.75, 3.05) is 19.6 Å². The van der Waals surface area contributed by atoms with Crippen LogP contribution in [0.5, 0.6) is 0 Å². The first kappa shape index (κ1) is 21.4. The lowest BCUT2D eigenvalue weighted by Crippen LogP contribution is -2.50. The van der Waals surface area contributed by atoms with Crippen LogP contribution in [-0.2, 0) is 0 Å². The molecule has 1 aliphatic heterocycles. The second-order valence-corrected chi connectivity index (χ2v) is 7.52. The Labute approximate surface area is 173 Å². The Morgan fingerprint density at radius 3 is 2.43 bits per heavy atom. The molecule has 1 aromatic rings. The maximum atomic E-state index is 14.1. The van der Waals surface area contributed by atoms with E-state index in [0.717, 1.165) is 13.0 Å². The van der Waals surface area contributed by atoms with Crippen LogP contribution in [0.3, 0.4) is 0 Å². The molecule has 2 atom stereocenters. The van der Waals surface area contributed by atoms with Crippen molar-refractivity contribution in [1.82, 2.24) is 4.90 Å². The highest BCUT2D eigenvalue weighted by atomic mass is 19.4. The molecule has 8 heteroatoms. The molecular formula is C22H20F3N5. The van der Waals surface area contributed by atoms with Crippen LogP contribution < -0.4 is 5.73 Å². The second-order valence-electron chi connectivity index (χ2n) is 7.52. The highest BCUT2D eigenvalue weighted by Gasteiger charge is 2.62. The van der Waals surface area contributed by atoms with Crippen molar-refractivity contribution in [2.45, 2.75) is 25.4 Å². The van der Waals surface area contributed by atoms with Crippen LogP contribution in [0.1, 0.15) is 30.4 Å². The lowest BCUT2D eigenvalue weighted by molar-refractivity contribution is -0.105. The molecule has 0 radical (unpaired) electrons. The molecular weight excluding hydrogens is 391 g/mol. The molecule has 0 unspecified atom stereocenters. The molecule has 0 amide bonds. The molecule has 0 saturated carbocycles. The lowest BCUT2D eigenvalue weighted by Gasteiger charge is -2.47. The van der Waals surface area contributed by atoms with E-state index in [1.54, 1.807) is 30.3 Å². The Morgan fingerprint density at radius 2 is 1.87 bits per heavy atom. The number of allylic oxidation sites excluding steroid dienone is 2. The first-order valence-corrected chi connectivity index (χ1v) is 9.56. The Hall–Kier alpha value is -3.28. The monoisotopic (exact) mass is 411 g/mol. The molecule has 0 fully saturated rings. The molecule has 30 heavy (non-hydrogen) atoms. The van der Waals surface area contributed by atoms with Crippen LogP contribution in [0.4, 0.5) is 13.2 Å². The third-order valence-electron chi connectivity index (χ3n) is 5.86. The Bertz CT molecular complexity index is 1020. The molecule has 1 heterocycles. The van der Waals surface area contributed by atoms with Gasteiger partial charge in [-0.2, -0.15) is 29.0 Å². The summed E-state index contributed by atoms with van der Waals surface area (Å²) in [5.41, 5.74) is 2.25. The van der Waals surface area contributed by atoms with Crippen molar-refractivity contribution in [3.05, 3.63) is 58.3 Å². The molecule has 5 nitrogen and oxygen atoms in total. The number of nitriles is 3. The van der Waals surface area contributed by atoms with Crippen LogP contribution >= 0.6 is 0 Å². The van der Waals surface area contributed by atoms with Gasteiger partial charge in [-0.05, 0) is 30.2 Å². The summed E-state index contributed by atoms with van der Waals surface area (Å²) < 4.78 is 42.4. The zero-order chi connectivity index (χ0) is 22.1. The first-order valence-electron chi connectivity index (χ1n) is 9.56. The van der Waals surface area contributed by atoms with Gasteiger partial charge in [-0.15, -0.1) is 0 Å². The average molecular weight is 411 g/mol. The molecule has 1 aliphatic carbocycles. The number of benzene rings is 1. The minimum atomic E-state index is -4.97. The van der Waals surface area contributed by atoms with Crippen molar-refractivity contribution in [3.63, 3.8) is 0 Å². The van der Waals surface area contributed by atoms with Crippen LogP contribution in [0.2, 0.25) is 0 Å². The molecule has 3 rings (SSSR count). The minimum absolute atomic E-state index is 0.145. The summed E-state index contributed by atoms with van der Waals surface area (Å²) in [5.74, 6) is -1.80. The number of hydrogen-bond donors (Lipinski definition) is 1. The molecule has 2 N–H and O–H groups in total. The summed E-state index contributed by atoms with van der Waals surface area (Å²) in [5, 5.41) is 29.5. The minimum Gasteiger partial charge on any atom is -0.398 e. The zero-order valence-corrected chi connectivity index (χ0v) is 16.4. The van der Waals surface area contributed by atoms with Crippen LogP contribution in [0.25, 0.3) is 0 Å². The molecule has 1 aromatic carbocycles. The van der Waals surface area contributed by atoms with Crippen molar-refractivity contribution < 1.29 is 13.2 Å². The van der Waals surface area contributed by atoms with Gasteiger partial charge in [0.2, 0.25) is 0 Å². The van der Waals surface area contributed by atoms with E-state index in [4.69, 9.17) is 5.73 Å². The molecule has 154 valence electrons. The third-order valence-corrected chi connectivity index (χ3v) is 5.86. The van der Waals surface area contributed by atoms with E-state index in [-0.39, 0.29) is 11.1 Å². The van der Waals surface area contributed by atoms with Crippen LogP contribution in [-0.4, -0.2) is 30.7 Å². The highest BCUT2D eigenvalue weighted by Crippen LogP contribution is 2.58. The summed E-state index contributed by atoms with van der Waals surface area (Å²) in [6, 6.07) is 11.5. The summed E-state index contributed by atoms with van der Waals surface area (Å²) >= 11 is 0. The van der Waals surface area contributed by atoms with Crippen molar-refractivity contribution >= 4 is 0 Å². The maximum Gasteiger partial charge on any atom is 0.417 e. The molecule has 0 aromatic heterocycles. The van der Waals surface area contributed by atoms with E-state index in [1.165, 1.54) is 12.1 Å². The van der Waals surface area contributed by atoms with E-state index in [1.807, 2.05) is 13.0 Å². The average Bonchev–Trinajstić information content (AvgIpc) is 2.72. The largest absolute Gasteiger partial charge is 0.417 e. The number of hydrogen-bond acceptors (Lipinski definition) is 5. The number of fused-ring (bicyclic) bond motifs is 1. The maximum absolute atomic E-state index is 14.1. The van der Waals surface area contributed by atoms with Gasteiger partial charge in [0.25, 0.3) is 0 Å². The number of nitrogens with zero attached hydrogens (tertiary/aromatic N) is 4. The zero-order valence-electron chi connectivity index (χ0n) is 16.4. The Balaban J connectivity index is 2.38. The van der Waals surface area contributed by atoms with Gasteiger partial charge >= 0.3 is 6.18 Å². The highest BCUT2D eigenvalue weighted by molar-refractivity contribution is 5.58. The quantitative estimate of drug-likeness (QED) is 0.817. The number of halogens is 3. The van der Waals surface area contributed by atoms with E-state index in [0.29, 0.717) is 18.7 Å². The predicted molar refractivity (Wildman–Crippen MR) is 103 cm³/mol. The summed E-state index contributed by atoms with van der Waals surface area (Å²) in [7, 11) is 0. The van der Waals surface area contributed by atoms with E-state index < -0.39 is 34.7 Å². The Kier molecular flexibility index (Phi) is 5.61. The van der Waals surface area contributed by atoms with Gasteiger partial charge in [-0.1, -0.05) is 31.2 Å². The van der Waals surface area contributed by atoms with E-state index >= 15 is 0 Å². The molecule has 0 spiro atoms. The fourth-order valence-electron chi connectivity index (χ4n) is 4.71. The van der Waals surface area contributed by atoms with Gasteiger partial charge in [0, 0.05) is 30.6 Å². The fraction of sp³-hybridized carbons (Fsp3) is 0.409. The normalized spacial score (nSPS) is 23.6. The van der Waals surface area contributed by atoms with Crippen molar-refractivity contribution in [3.8, 4) is 18.2 Å². The van der Waals surface area contributed by atoms with Gasteiger partial charge in [-0.3, -0.25) is 4.90 Å². The molecule has 2 aliphatic rings. The van der Waals surface area contributed by atoms with Gasteiger partial charge in [0.1, 0.15) is 0 Å². The van der Waals surface area contributed by atoms with Crippen molar-refractivity contribution in [2.24, 2.45) is 17.1 Å². The standard InChI is InChI=1S/C22H20F3N5/c1-2-8-30-9-7-16-17(11-30)18(15-6-4-3-5-14(15)10-26)21(12-27,13-28)20(19(16)29)22(23,24)25/h3-7,17-18H,2,8-9,11,29H2,1H3/t17-,18-/m0/s1. The van der Waals surface area contributed by atoms with Gasteiger partial charge in [0.15, 0.2) is 5.41 Å². The van der Waals surface area contributed by atoms with Gasteiger partial charge in [-0.25, -0.2) is 0 Å². The van der Waals surface area contributed by atoms with E-state index in [9.17, 15) is 29.0 Å². The number of alkyl halides is 3. The summed E-state index contributed by atoms with van der Waals surface area (Å²) in [6.45, 7) is 3.49. The topological polar surface area (TPSA) is 101 Å². The van der Waals surface area contributed by atoms with Gasteiger partial charge < -0.3 is 5.73 Å².